The average molecular weight is 668 g/mol. The van der Waals surface area contributed by atoms with E-state index in [-0.39, 0.29) is 0 Å². The molecular weight excluding hydrogens is 639 g/mol. The largest absolute Gasteiger partial charge is 0.456 e. The van der Waals surface area contributed by atoms with Gasteiger partial charge in [-0.2, -0.15) is 0 Å². The first-order valence-electron chi connectivity index (χ1n) is 17.5. The van der Waals surface area contributed by atoms with Gasteiger partial charge in [0.2, 0.25) is 0 Å². The molecule has 3 aromatic heterocycles. The summed E-state index contributed by atoms with van der Waals surface area (Å²) in [6.45, 7) is 0. The molecule has 0 saturated heterocycles. The smallest absolute Gasteiger partial charge is 0.160 e. The predicted octanol–water partition coefficient (Wildman–Crippen LogP) is 14.2. The van der Waals surface area contributed by atoms with E-state index in [0.717, 1.165) is 94.0 Å². The van der Waals surface area contributed by atoms with E-state index in [1.165, 1.54) is 11.1 Å². The highest BCUT2D eigenvalue weighted by Gasteiger charge is 2.26. The molecule has 0 radical (unpaired) electrons. The summed E-state index contributed by atoms with van der Waals surface area (Å²) in [7, 11) is 0. The van der Waals surface area contributed by atoms with Crippen LogP contribution in [-0.2, 0) is 0 Å². The third-order valence-electron chi connectivity index (χ3n) is 10.3. The second-order valence-electron chi connectivity index (χ2n) is 13.2. The summed E-state index contributed by atoms with van der Waals surface area (Å²) in [6.07, 6.45) is 0. The van der Waals surface area contributed by atoms with E-state index < -0.39 is 0 Å². The van der Waals surface area contributed by atoms with Gasteiger partial charge in [0.05, 0.1) is 11.1 Å². The van der Waals surface area contributed by atoms with Crippen molar-refractivity contribution >= 4 is 82.9 Å². The molecule has 4 heteroatoms. The molecule has 0 aliphatic heterocycles. The molecule has 0 saturated carbocycles. The van der Waals surface area contributed by atoms with Gasteiger partial charge in [0, 0.05) is 44.4 Å². The summed E-state index contributed by atoms with van der Waals surface area (Å²) in [5.41, 5.74) is 12.4. The summed E-state index contributed by atoms with van der Waals surface area (Å²) in [5, 5.41) is 6.12. The summed E-state index contributed by atoms with van der Waals surface area (Å²) in [6, 6.07) is 61.2. The molecule has 0 spiro atoms. The van der Waals surface area contributed by atoms with Gasteiger partial charge in [0.25, 0.3) is 0 Å². The van der Waals surface area contributed by atoms with Crippen LogP contribution in [0.3, 0.4) is 0 Å². The van der Waals surface area contributed by atoms with E-state index in [4.69, 9.17) is 13.3 Å². The topological polar surface area (TPSA) is 42.7 Å². The van der Waals surface area contributed by atoms with Crippen LogP contribution >= 0.6 is 0 Å². The Morgan fingerprint density at radius 3 is 1.46 bits per heavy atom. The zero-order valence-electron chi connectivity index (χ0n) is 27.9. The van der Waals surface area contributed by atoms with E-state index in [2.05, 4.69) is 144 Å². The Labute approximate surface area is 298 Å². The minimum Gasteiger partial charge on any atom is -0.456 e. The standard InChI is InChI=1S/C48H29NO3/c1-3-11-30(12-4-1)32-19-23-34(24-20-32)49(35-25-21-33(22-26-35)31-13-5-2-6-14-31)39-29-43-45(44-38-16-8-10-18-41(38)52-48(39)44)46-42(50-43)28-27-37-36-15-7-9-17-40(36)51-47(37)46/h1-29H. The molecule has 0 N–H and O–H groups in total. The number of rotatable bonds is 5. The Hall–Kier alpha value is -7.04. The Balaban J connectivity index is 1.20. The van der Waals surface area contributed by atoms with Crippen molar-refractivity contribution in [1.82, 2.24) is 0 Å². The lowest BCUT2D eigenvalue weighted by Gasteiger charge is -2.26. The minimum atomic E-state index is 0.767. The third-order valence-corrected chi connectivity index (χ3v) is 10.3. The molecule has 0 atom stereocenters. The molecule has 0 unspecified atom stereocenters. The first-order valence-corrected chi connectivity index (χ1v) is 17.5. The monoisotopic (exact) mass is 667 g/mol. The lowest BCUT2D eigenvalue weighted by Crippen LogP contribution is -2.10. The fourth-order valence-corrected chi connectivity index (χ4v) is 7.86. The lowest BCUT2D eigenvalue weighted by molar-refractivity contribution is 0.660. The molecule has 0 bridgehead atoms. The van der Waals surface area contributed by atoms with Crippen molar-refractivity contribution in [3.8, 4) is 22.3 Å². The zero-order chi connectivity index (χ0) is 34.2. The van der Waals surface area contributed by atoms with Gasteiger partial charge in [-0.25, -0.2) is 0 Å². The van der Waals surface area contributed by atoms with Gasteiger partial charge < -0.3 is 18.2 Å². The minimum absolute atomic E-state index is 0.767. The summed E-state index contributed by atoms with van der Waals surface area (Å²) < 4.78 is 20.2. The van der Waals surface area contributed by atoms with E-state index in [0.29, 0.717) is 0 Å². The zero-order valence-corrected chi connectivity index (χ0v) is 27.9. The number of benzene rings is 8. The fourth-order valence-electron chi connectivity index (χ4n) is 7.86. The number of hydrogen-bond acceptors (Lipinski definition) is 4. The van der Waals surface area contributed by atoms with Crippen molar-refractivity contribution in [3.05, 3.63) is 176 Å². The quantitative estimate of drug-likeness (QED) is 0.183. The second kappa shape index (κ2) is 11.2. The highest BCUT2D eigenvalue weighted by molar-refractivity contribution is 6.33. The Morgan fingerprint density at radius 1 is 0.308 bits per heavy atom. The first-order chi connectivity index (χ1) is 25.8. The molecule has 3 heterocycles. The van der Waals surface area contributed by atoms with E-state index in [1.54, 1.807) is 0 Å². The SMILES string of the molecule is c1ccc(-c2ccc(N(c3ccc(-c4ccccc4)cc3)c3cc4oc5ccc6c7ccccc7oc6c5c4c4c3oc3ccccc34)cc2)cc1. The van der Waals surface area contributed by atoms with Crippen LogP contribution in [0.4, 0.5) is 17.1 Å². The normalized spacial score (nSPS) is 11.8. The average Bonchev–Trinajstić information content (AvgIpc) is 3.90. The van der Waals surface area contributed by atoms with Crippen LogP contribution in [0.2, 0.25) is 0 Å². The fraction of sp³-hybridized carbons (Fsp3) is 0. The summed E-state index contributed by atoms with van der Waals surface area (Å²) in [4.78, 5) is 2.28. The lowest BCUT2D eigenvalue weighted by atomic mass is 10.0. The molecule has 244 valence electrons. The Morgan fingerprint density at radius 2 is 0.827 bits per heavy atom. The van der Waals surface area contributed by atoms with Gasteiger partial charge in [-0.1, -0.05) is 121 Å². The molecular formula is C48H29NO3. The van der Waals surface area contributed by atoms with Gasteiger partial charge in [0.15, 0.2) is 5.58 Å². The Kier molecular flexibility index (Phi) is 6.22. The van der Waals surface area contributed by atoms with Crippen molar-refractivity contribution in [2.45, 2.75) is 0 Å². The number of para-hydroxylation sites is 2. The van der Waals surface area contributed by atoms with Crippen LogP contribution in [0, 0.1) is 0 Å². The van der Waals surface area contributed by atoms with E-state index in [1.807, 2.05) is 36.4 Å². The molecule has 8 aromatic carbocycles. The van der Waals surface area contributed by atoms with Crippen molar-refractivity contribution in [2.24, 2.45) is 0 Å². The highest BCUT2D eigenvalue weighted by Crippen LogP contribution is 2.50. The maximum absolute atomic E-state index is 6.88. The number of hydrogen-bond donors (Lipinski definition) is 0. The van der Waals surface area contributed by atoms with Gasteiger partial charge >= 0.3 is 0 Å². The molecule has 52 heavy (non-hydrogen) atoms. The Bertz CT molecular complexity index is 3010. The number of furan rings is 3. The molecule has 4 nitrogen and oxygen atoms in total. The van der Waals surface area contributed by atoms with Gasteiger partial charge in [0.1, 0.15) is 27.9 Å². The van der Waals surface area contributed by atoms with Crippen LogP contribution in [0.1, 0.15) is 0 Å². The molecule has 11 aromatic rings. The third kappa shape index (κ3) is 4.34. The van der Waals surface area contributed by atoms with Crippen LogP contribution < -0.4 is 4.90 Å². The van der Waals surface area contributed by atoms with Crippen LogP contribution in [0.15, 0.2) is 189 Å². The van der Waals surface area contributed by atoms with Crippen molar-refractivity contribution in [1.29, 1.82) is 0 Å². The highest BCUT2D eigenvalue weighted by atomic mass is 16.3. The molecule has 0 aliphatic carbocycles. The first kappa shape index (κ1) is 28.8. The van der Waals surface area contributed by atoms with Gasteiger partial charge in [-0.05, 0) is 70.8 Å². The maximum Gasteiger partial charge on any atom is 0.160 e. The number of anilines is 3. The predicted molar refractivity (Wildman–Crippen MR) is 214 cm³/mol. The van der Waals surface area contributed by atoms with E-state index >= 15 is 0 Å². The van der Waals surface area contributed by atoms with Gasteiger partial charge in [-0.15, -0.1) is 0 Å². The summed E-state index contributed by atoms with van der Waals surface area (Å²) in [5.74, 6) is 0. The van der Waals surface area contributed by atoms with Crippen LogP contribution in [0.25, 0.3) is 88.1 Å². The van der Waals surface area contributed by atoms with Crippen molar-refractivity contribution in [2.75, 3.05) is 4.90 Å². The summed E-state index contributed by atoms with van der Waals surface area (Å²) >= 11 is 0. The molecule has 0 amide bonds. The number of nitrogens with zero attached hydrogens (tertiary/aromatic N) is 1. The maximum atomic E-state index is 6.88. The van der Waals surface area contributed by atoms with Crippen LogP contribution in [-0.4, -0.2) is 0 Å². The van der Waals surface area contributed by atoms with E-state index in [9.17, 15) is 0 Å². The molecule has 0 aliphatic rings. The van der Waals surface area contributed by atoms with Gasteiger partial charge in [-0.3, -0.25) is 0 Å². The molecule has 0 fully saturated rings. The molecule has 11 rings (SSSR count). The second-order valence-corrected chi connectivity index (χ2v) is 13.2. The van der Waals surface area contributed by atoms with Crippen LogP contribution in [0.5, 0.6) is 0 Å². The van der Waals surface area contributed by atoms with Crippen molar-refractivity contribution in [3.63, 3.8) is 0 Å². The number of fused-ring (bicyclic) bond motifs is 11. The van der Waals surface area contributed by atoms with Crippen molar-refractivity contribution < 1.29 is 13.3 Å².